The van der Waals surface area contributed by atoms with Crippen LogP contribution in [-0.2, 0) is 0 Å². The molecule has 0 radical (unpaired) electrons. The molecule has 0 heterocycles. The molecule has 0 aliphatic heterocycles. The predicted octanol–water partition coefficient (Wildman–Crippen LogP) is 2.35. The Balaban J connectivity index is 2.52. The van der Waals surface area contributed by atoms with Crippen molar-refractivity contribution >= 4 is 34.8 Å². The van der Waals surface area contributed by atoms with Gasteiger partial charge in [0.1, 0.15) is 0 Å². The Bertz CT molecular complexity index is 378. The third-order valence-corrected chi connectivity index (χ3v) is 2.37. The molecule has 0 spiro atoms. The van der Waals surface area contributed by atoms with Crippen LogP contribution >= 0.6 is 23.8 Å². The number of hydrogen-bond donors (Lipinski definition) is 2. The van der Waals surface area contributed by atoms with Gasteiger partial charge in [-0.2, -0.15) is 0 Å². The highest BCUT2D eigenvalue weighted by molar-refractivity contribution is 7.80. The fraction of sp³-hybridized carbons (Fsp3) is 0.273. The molecule has 16 heavy (non-hydrogen) atoms. The number of halogens is 1. The highest BCUT2D eigenvalue weighted by atomic mass is 35.5. The molecule has 0 unspecified atom stereocenters. The first kappa shape index (κ1) is 12.9. The second-order valence-corrected chi connectivity index (χ2v) is 4.06. The normalized spacial score (nSPS) is 9.62. The minimum Gasteiger partial charge on any atom is -0.362 e. The summed E-state index contributed by atoms with van der Waals surface area (Å²) < 4.78 is 0. The third-order valence-electron chi connectivity index (χ3n) is 1.87. The van der Waals surface area contributed by atoms with Crippen LogP contribution in [0.2, 0.25) is 5.02 Å². The number of nitrogens with one attached hydrogen (secondary N) is 2. The van der Waals surface area contributed by atoms with Crippen molar-refractivity contribution in [3.63, 3.8) is 0 Å². The largest absolute Gasteiger partial charge is 0.362 e. The van der Waals surface area contributed by atoms with Crippen LogP contribution in [0.15, 0.2) is 24.3 Å². The van der Waals surface area contributed by atoms with Gasteiger partial charge in [0.15, 0.2) is 5.11 Å². The lowest BCUT2D eigenvalue weighted by Crippen LogP contribution is -2.39. The van der Waals surface area contributed by atoms with E-state index >= 15 is 0 Å². The highest BCUT2D eigenvalue weighted by Crippen LogP contribution is 2.09. The van der Waals surface area contributed by atoms with E-state index in [-0.39, 0.29) is 5.91 Å². The van der Waals surface area contributed by atoms with Crippen LogP contribution in [-0.4, -0.2) is 17.6 Å². The molecule has 0 fully saturated rings. The van der Waals surface area contributed by atoms with Crippen molar-refractivity contribution in [2.75, 3.05) is 6.54 Å². The van der Waals surface area contributed by atoms with Gasteiger partial charge in [-0.25, -0.2) is 0 Å². The van der Waals surface area contributed by atoms with E-state index in [2.05, 4.69) is 10.6 Å². The molecular formula is C11H13ClN2OS. The first-order valence-corrected chi connectivity index (χ1v) is 5.77. The quantitative estimate of drug-likeness (QED) is 0.816. The van der Waals surface area contributed by atoms with Crippen molar-refractivity contribution in [2.24, 2.45) is 0 Å². The Labute approximate surface area is 105 Å². The molecule has 0 saturated carbocycles. The molecule has 0 bridgehead atoms. The number of carbonyl (C=O) groups is 1. The summed E-state index contributed by atoms with van der Waals surface area (Å²) in [7, 11) is 0. The summed E-state index contributed by atoms with van der Waals surface area (Å²) in [5.41, 5.74) is 0.532. The summed E-state index contributed by atoms with van der Waals surface area (Å²) in [6.07, 6.45) is 0.955. The molecule has 1 aromatic rings. The molecule has 3 nitrogen and oxygen atoms in total. The van der Waals surface area contributed by atoms with Crippen molar-refractivity contribution in [1.82, 2.24) is 10.6 Å². The number of amides is 1. The summed E-state index contributed by atoms with van der Waals surface area (Å²) in [4.78, 5) is 11.6. The second kappa shape index (κ2) is 6.45. The topological polar surface area (TPSA) is 41.1 Å². The van der Waals surface area contributed by atoms with E-state index in [4.69, 9.17) is 23.8 Å². The highest BCUT2D eigenvalue weighted by Gasteiger charge is 2.06. The zero-order chi connectivity index (χ0) is 12.0. The van der Waals surface area contributed by atoms with E-state index in [1.54, 1.807) is 24.3 Å². The van der Waals surface area contributed by atoms with Crippen LogP contribution in [0, 0.1) is 0 Å². The van der Waals surface area contributed by atoms with E-state index in [9.17, 15) is 4.79 Å². The van der Waals surface area contributed by atoms with Crippen molar-refractivity contribution in [1.29, 1.82) is 0 Å². The number of rotatable bonds is 3. The summed E-state index contributed by atoms with van der Waals surface area (Å²) in [5, 5.41) is 6.46. The Hall–Kier alpha value is -1.13. The van der Waals surface area contributed by atoms with Gasteiger partial charge in [-0.3, -0.25) is 10.1 Å². The lowest BCUT2D eigenvalue weighted by atomic mass is 10.2. The van der Waals surface area contributed by atoms with Gasteiger partial charge in [0.25, 0.3) is 5.91 Å². The fourth-order valence-electron chi connectivity index (χ4n) is 1.06. The van der Waals surface area contributed by atoms with Crippen molar-refractivity contribution < 1.29 is 4.79 Å². The Morgan fingerprint density at radius 3 is 2.56 bits per heavy atom. The molecule has 1 rings (SSSR count). The predicted molar refractivity (Wildman–Crippen MR) is 69.8 cm³/mol. The van der Waals surface area contributed by atoms with Crippen LogP contribution in [0.4, 0.5) is 0 Å². The first-order valence-electron chi connectivity index (χ1n) is 4.98. The Kier molecular flexibility index (Phi) is 5.22. The Morgan fingerprint density at radius 2 is 2.00 bits per heavy atom. The van der Waals surface area contributed by atoms with Gasteiger partial charge in [0.05, 0.1) is 0 Å². The zero-order valence-electron chi connectivity index (χ0n) is 8.92. The molecular weight excluding hydrogens is 244 g/mol. The van der Waals surface area contributed by atoms with E-state index in [0.29, 0.717) is 15.7 Å². The lowest BCUT2D eigenvalue weighted by Gasteiger charge is -2.08. The standard InChI is InChI=1S/C11H13ClN2OS/c1-2-7-13-11(16)14-10(15)8-3-5-9(12)6-4-8/h3-6H,2,7H2,1H3,(H2,13,14,15,16). The molecule has 0 aliphatic rings. The number of benzene rings is 1. The van der Waals surface area contributed by atoms with Gasteiger partial charge in [0.2, 0.25) is 0 Å². The summed E-state index contributed by atoms with van der Waals surface area (Å²) in [5.74, 6) is -0.231. The summed E-state index contributed by atoms with van der Waals surface area (Å²) in [6, 6.07) is 6.64. The van der Waals surface area contributed by atoms with Gasteiger partial charge in [0, 0.05) is 17.1 Å². The molecule has 1 amide bonds. The van der Waals surface area contributed by atoms with Crippen LogP contribution < -0.4 is 10.6 Å². The molecule has 0 aromatic heterocycles. The van der Waals surface area contributed by atoms with E-state index in [1.165, 1.54) is 0 Å². The molecule has 1 aromatic carbocycles. The lowest BCUT2D eigenvalue weighted by molar-refractivity contribution is 0.0976. The maximum Gasteiger partial charge on any atom is 0.257 e. The third kappa shape index (κ3) is 4.16. The van der Waals surface area contributed by atoms with Gasteiger partial charge in [-0.15, -0.1) is 0 Å². The Morgan fingerprint density at radius 1 is 1.38 bits per heavy atom. The van der Waals surface area contributed by atoms with Crippen LogP contribution in [0.1, 0.15) is 23.7 Å². The van der Waals surface area contributed by atoms with Gasteiger partial charge in [-0.05, 0) is 42.9 Å². The van der Waals surface area contributed by atoms with E-state index in [1.807, 2.05) is 6.92 Å². The monoisotopic (exact) mass is 256 g/mol. The summed E-state index contributed by atoms with van der Waals surface area (Å²) >= 11 is 10.7. The van der Waals surface area contributed by atoms with Gasteiger partial charge in [-0.1, -0.05) is 18.5 Å². The number of thiocarbonyl (C=S) groups is 1. The molecule has 86 valence electrons. The molecule has 2 N–H and O–H groups in total. The number of hydrogen-bond acceptors (Lipinski definition) is 2. The smallest absolute Gasteiger partial charge is 0.257 e. The summed E-state index contributed by atoms with van der Waals surface area (Å²) in [6.45, 7) is 2.77. The van der Waals surface area contributed by atoms with Crippen LogP contribution in [0.5, 0.6) is 0 Å². The van der Waals surface area contributed by atoms with Gasteiger partial charge >= 0.3 is 0 Å². The van der Waals surface area contributed by atoms with E-state index in [0.717, 1.165) is 13.0 Å². The fourth-order valence-corrected chi connectivity index (χ4v) is 1.38. The molecule has 5 heteroatoms. The van der Waals surface area contributed by atoms with Crippen LogP contribution in [0.3, 0.4) is 0 Å². The average Bonchev–Trinajstić information content (AvgIpc) is 2.27. The zero-order valence-corrected chi connectivity index (χ0v) is 10.5. The molecule has 0 atom stereocenters. The first-order chi connectivity index (χ1) is 7.63. The second-order valence-electron chi connectivity index (χ2n) is 3.22. The van der Waals surface area contributed by atoms with Crippen LogP contribution in [0.25, 0.3) is 0 Å². The maximum atomic E-state index is 11.6. The van der Waals surface area contributed by atoms with Crippen molar-refractivity contribution in [2.45, 2.75) is 13.3 Å². The average molecular weight is 257 g/mol. The maximum absolute atomic E-state index is 11.6. The van der Waals surface area contributed by atoms with Crippen molar-refractivity contribution in [3.05, 3.63) is 34.9 Å². The molecule has 0 saturated heterocycles. The minimum atomic E-state index is -0.231. The van der Waals surface area contributed by atoms with Crippen molar-refractivity contribution in [3.8, 4) is 0 Å². The minimum absolute atomic E-state index is 0.231. The number of carbonyl (C=O) groups excluding carboxylic acids is 1. The SMILES string of the molecule is CCCNC(=S)NC(=O)c1ccc(Cl)cc1. The van der Waals surface area contributed by atoms with Gasteiger partial charge < -0.3 is 5.32 Å². The molecule has 0 aliphatic carbocycles. The van der Waals surface area contributed by atoms with E-state index < -0.39 is 0 Å².